The molecule has 0 aliphatic rings. The summed E-state index contributed by atoms with van der Waals surface area (Å²) in [4.78, 5) is 0. The SMILES string of the molecule is CCNC(C)c1cccc(-c2ccc(C(C)C)cc2)c1. The van der Waals surface area contributed by atoms with Gasteiger partial charge in [0.2, 0.25) is 0 Å². The van der Waals surface area contributed by atoms with Gasteiger partial charge in [-0.25, -0.2) is 0 Å². The monoisotopic (exact) mass is 267 g/mol. The molecule has 0 saturated heterocycles. The number of benzene rings is 2. The van der Waals surface area contributed by atoms with Gasteiger partial charge in [-0.3, -0.25) is 0 Å². The predicted octanol–water partition coefficient (Wildman–Crippen LogP) is 5.15. The highest BCUT2D eigenvalue weighted by atomic mass is 14.9. The Hall–Kier alpha value is -1.60. The molecule has 2 aromatic rings. The first-order valence-electron chi connectivity index (χ1n) is 7.55. The topological polar surface area (TPSA) is 12.0 Å². The zero-order chi connectivity index (χ0) is 14.5. The lowest BCUT2D eigenvalue weighted by Gasteiger charge is -2.14. The van der Waals surface area contributed by atoms with Gasteiger partial charge in [-0.05, 0) is 47.7 Å². The standard InChI is InChI=1S/C19H25N/c1-5-20-15(4)18-7-6-8-19(13-18)17-11-9-16(10-12-17)14(2)3/h6-15,20H,5H2,1-4H3. The third-order valence-electron chi connectivity index (χ3n) is 3.81. The minimum atomic E-state index is 0.398. The molecular formula is C19H25N. The summed E-state index contributed by atoms with van der Waals surface area (Å²) >= 11 is 0. The van der Waals surface area contributed by atoms with Crippen LogP contribution in [0.2, 0.25) is 0 Å². The van der Waals surface area contributed by atoms with Crippen molar-refractivity contribution in [2.75, 3.05) is 6.54 Å². The molecule has 0 bridgehead atoms. The van der Waals surface area contributed by atoms with Gasteiger partial charge in [0.25, 0.3) is 0 Å². The van der Waals surface area contributed by atoms with Crippen LogP contribution in [0.5, 0.6) is 0 Å². The largest absolute Gasteiger partial charge is 0.310 e. The van der Waals surface area contributed by atoms with Gasteiger partial charge in [-0.2, -0.15) is 0 Å². The van der Waals surface area contributed by atoms with Gasteiger partial charge >= 0.3 is 0 Å². The maximum atomic E-state index is 3.46. The Labute approximate surface area is 123 Å². The zero-order valence-corrected chi connectivity index (χ0v) is 13.0. The molecule has 0 aliphatic carbocycles. The minimum absolute atomic E-state index is 0.398. The van der Waals surface area contributed by atoms with E-state index in [9.17, 15) is 0 Å². The van der Waals surface area contributed by atoms with Crippen molar-refractivity contribution >= 4 is 0 Å². The summed E-state index contributed by atoms with van der Waals surface area (Å²) in [6.45, 7) is 9.81. The fourth-order valence-electron chi connectivity index (χ4n) is 2.47. The highest BCUT2D eigenvalue weighted by Crippen LogP contribution is 2.25. The van der Waals surface area contributed by atoms with Crippen LogP contribution in [0.3, 0.4) is 0 Å². The van der Waals surface area contributed by atoms with Crippen molar-refractivity contribution in [3.8, 4) is 11.1 Å². The van der Waals surface area contributed by atoms with Crippen molar-refractivity contribution in [2.24, 2.45) is 0 Å². The molecule has 0 aliphatic heterocycles. The summed E-state index contributed by atoms with van der Waals surface area (Å²) in [5.41, 5.74) is 5.32. The Balaban J connectivity index is 2.26. The smallest absolute Gasteiger partial charge is 0.0291 e. The van der Waals surface area contributed by atoms with Crippen LogP contribution in [-0.4, -0.2) is 6.54 Å². The van der Waals surface area contributed by atoms with E-state index in [0.29, 0.717) is 12.0 Å². The Morgan fingerprint density at radius 2 is 1.55 bits per heavy atom. The first-order valence-corrected chi connectivity index (χ1v) is 7.55. The average molecular weight is 267 g/mol. The lowest BCUT2D eigenvalue weighted by molar-refractivity contribution is 0.598. The molecule has 1 heteroatoms. The first kappa shape index (κ1) is 14.8. The second-order valence-corrected chi connectivity index (χ2v) is 5.68. The van der Waals surface area contributed by atoms with E-state index in [2.05, 4.69) is 81.5 Å². The van der Waals surface area contributed by atoms with Crippen LogP contribution in [0.1, 0.15) is 50.8 Å². The maximum Gasteiger partial charge on any atom is 0.0291 e. The van der Waals surface area contributed by atoms with E-state index >= 15 is 0 Å². The van der Waals surface area contributed by atoms with Crippen LogP contribution in [0.4, 0.5) is 0 Å². The molecule has 2 rings (SSSR count). The normalized spacial score (nSPS) is 12.7. The van der Waals surface area contributed by atoms with Gasteiger partial charge in [-0.15, -0.1) is 0 Å². The number of rotatable bonds is 5. The molecule has 1 N–H and O–H groups in total. The molecule has 1 nitrogen and oxygen atoms in total. The van der Waals surface area contributed by atoms with Gasteiger partial charge < -0.3 is 5.32 Å². The molecule has 0 fully saturated rings. The van der Waals surface area contributed by atoms with E-state index in [-0.39, 0.29) is 0 Å². The molecule has 0 radical (unpaired) electrons. The maximum absolute atomic E-state index is 3.46. The van der Waals surface area contributed by atoms with Crippen molar-refractivity contribution in [2.45, 2.75) is 39.7 Å². The number of hydrogen-bond donors (Lipinski definition) is 1. The van der Waals surface area contributed by atoms with E-state index in [0.717, 1.165) is 6.54 Å². The molecule has 0 amide bonds. The fourth-order valence-corrected chi connectivity index (χ4v) is 2.47. The summed E-state index contributed by atoms with van der Waals surface area (Å²) in [7, 11) is 0. The lowest BCUT2D eigenvalue weighted by Crippen LogP contribution is -2.17. The number of hydrogen-bond acceptors (Lipinski definition) is 1. The summed E-state index contributed by atoms with van der Waals surface area (Å²) in [5.74, 6) is 0.587. The third kappa shape index (κ3) is 3.49. The van der Waals surface area contributed by atoms with Crippen molar-refractivity contribution in [1.82, 2.24) is 5.32 Å². The van der Waals surface area contributed by atoms with Gasteiger partial charge in [0, 0.05) is 6.04 Å². The molecule has 0 spiro atoms. The van der Waals surface area contributed by atoms with E-state index < -0.39 is 0 Å². The van der Waals surface area contributed by atoms with Crippen molar-refractivity contribution in [1.29, 1.82) is 0 Å². The Kier molecular flexibility index (Phi) is 4.97. The van der Waals surface area contributed by atoms with E-state index in [4.69, 9.17) is 0 Å². The molecule has 0 saturated carbocycles. The molecule has 1 atom stereocenters. The summed E-state index contributed by atoms with van der Waals surface area (Å²) < 4.78 is 0. The van der Waals surface area contributed by atoms with Crippen LogP contribution in [0.25, 0.3) is 11.1 Å². The third-order valence-corrected chi connectivity index (χ3v) is 3.81. The quantitative estimate of drug-likeness (QED) is 0.790. The average Bonchev–Trinajstić information content (AvgIpc) is 2.48. The zero-order valence-electron chi connectivity index (χ0n) is 13.0. The summed E-state index contributed by atoms with van der Waals surface area (Å²) in [5, 5.41) is 3.46. The van der Waals surface area contributed by atoms with Crippen molar-refractivity contribution < 1.29 is 0 Å². The van der Waals surface area contributed by atoms with Gasteiger partial charge in [0.05, 0.1) is 0 Å². The van der Waals surface area contributed by atoms with Crippen molar-refractivity contribution in [3.05, 3.63) is 59.7 Å². The number of nitrogens with one attached hydrogen (secondary N) is 1. The first-order chi connectivity index (χ1) is 9.61. The molecular weight excluding hydrogens is 242 g/mol. The van der Waals surface area contributed by atoms with Gasteiger partial charge in [0.1, 0.15) is 0 Å². The predicted molar refractivity (Wildman–Crippen MR) is 88.1 cm³/mol. The van der Waals surface area contributed by atoms with Gasteiger partial charge in [-0.1, -0.05) is 63.2 Å². The second-order valence-electron chi connectivity index (χ2n) is 5.68. The molecule has 20 heavy (non-hydrogen) atoms. The van der Waals surface area contributed by atoms with Crippen LogP contribution in [0, 0.1) is 0 Å². The van der Waals surface area contributed by atoms with E-state index in [1.807, 2.05) is 0 Å². The molecule has 0 heterocycles. The Morgan fingerprint density at radius 3 is 2.15 bits per heavy atom. The van der Waals surface area contributed by atoms with E-state index in [1.165, 1.54) is 22.3 Å². The second kappa shape index (κ2) is 6.71. The van der Waals surface area contributed by atoms with E-state index in [1.54, 1.807) is 0 Å². The molecule has 0 aromatic heterocycles. The highest BCUT2D eigenvalue weighted by molar-refractivity contribution is 5.64. The van der Waals surface area contributed by atoms with Crippen LogP contribution < -0.4 is 5.32 Å². The van der Waals surface area contributed by atoms with Crippen molar-refractivity contribution in [3.63, 3.8) is 0 Å². The van der Waals surface area contributed by atoms with Gasteiger partial charge in [0.15, 0.2) is 0 Å². The summed E-state index contributed by atoms with van der Waals surface area (Å²) in [6.07, 6.45) is 0. The van der Waals surface area contributed by atoms with Crippen LogP contribution in [-0.2, 0) is 0 Å². The lowest BCUT2D eigenvalue weighted by atomic mass is 9.97. The summed E-state index contributed by atoms with van der Waals surface area (Å²) in [6, 6.07) is 18.1. The fraction of sp³-hybridized carbons (Fsp3) is 0.368. The molecule has 1 unspecified atom stereocenters. The minimum Gasteiger partial charge on any atom is -0.310 e. The molecule has 106 valence electrons. The Bertz CT molecular complexity index is 540. The highest BCUT2D eigenvalue weighted by Gasteiger charge is 2.06. The Morgan fingerprint density at radius 1 is 0.850 bits per heavy atom. The van der Waals surface area contributed by atoms with Crippen LogP contribution in [0.15, 0.2) is 48.5 Å². The molecule has 2 aromatic carbocycles. The van der Waals surface area contributed by atoms with Crippen LogP contribution >= 0.6 is 0 Å².